The molecule has 0 N–H and O–H groups in total. The Morgan fingerprint density at radius 1 is 1.22 bits per heavy atom. The van der Waals surface area contributed by atoms with E-state index in [-0.39, 0.29) is 12.4 Å². The van der Waals surface area contributed by atoms with Gasteiger partial charge in [0.2, 0.25) is 0 Å². The Labute approximate surface area is 106 Å². The summed E-state index contributed by atoms with van der Waals surface area (Å²) in [6.07, 6.45) is 1.67. The molecule has 0 aromatic carbocycles. The molecule has 0 aliphatic heterocycles. The lowest BCUT2D eigenvalue weighted by Crippen LogP contribution is -2.24. The molecule has 0 atom stereocenters. The monoisotopic (exact) mass is 251 g/mol. The summed E-state index contributed by atoms with van der Waals surface area (Å²) < 4.78 is 9.24. The molecule has 0 bridgehead atoms. The van der Waals surface area contributed by atoms with Crippen LogP contribution in [0.25, 0.3) is 0 Å². The minimum Gasteiger partial charge on any atom is -0.469 e. The predicted molar refractivity (Wildman–Crippen MR) is 65.2 cm³/mol. The van der Waals surface area contributed by atoms with E-state index in [0.717, 1.165) is 5.69 Å². The molecule has 1 aromatic rings. The van der Waals surface area contributed by atoms with Gasteiger partial charge in [-0.15, -0.1) is 0 Å². The normalized spacial score (nSPS) is 10.9. The fraction of sp³-hybridized carbons (Fsp3) is 0.462. The van der Waals surface area contributed by atoms with E-state index in [9.17, 15) is 9.59 Å². The van der Waals surface area contributed by atoms with Crippen molar-refractivity contribution in [3.05, 3.63) is 29.6 Å². The summed E-state index contributed by atoms with van der Waals surface area (Å²) in [5.41, 5.74) is 0.664. The summed E-state index contributed by atoms with van der Waals surface area (Å²) in [6, 6.07) is 3.35. The van der Waals surface area contributed by atoms with E-state index in [0.29, 0.717) is 5.56 Å². The van der Waals surface area contributed by atoms with Crippen LogP contribution in [0, 0.1) is 0 Å². The molecule has 1 heterocycles. The number of carbonyl (C=O) groups is 2. The number of aromatic nitrogens is 1. The summed E-state index contributed by atoms with van der Waals surface area (Å²) in [7, 11) is 2.67. The highest BCUT2D eigenvalue weighted by Crippen LogP contribution is 2.25. The van der Waals surface area contributed by atoms with Crippen molar-refractivity contribution in [2.45, 2.75) is 25.7 Å². The Balaban J connectivity index is 2.90. The molecule has 5 heteroatoms. The summed E-state index contributed by atoms with van der Waals surface area (Å²) in [5, 5.41) is 0. The molecule has 18 heavy (non-hydrogen) atoms. The smallest absolute Gasteiger partial charge is 0.339 e. The lowest BCUT2D eigenvalue weighted by molar-refractivity contribution is -0.141. The van der Waals surface area contributed by atoms with Crippen molar-refractivity contribution in [2.24, 2.45) is 0 Å². The minimum atomic E-state index is -0.443. The van der Waals surface area contributed by atoms with Crippen molar-refractivity contribution in [1.29, 1.82) is 0 Å². The van der Waals surface area contributed by atoms with Gasteiger partial charge in [-0.05, 0) is 12.1 Å². The van der Waals surface area contributed by atoms with E-state index in [1.54, 1.807) is 12.1 Å². The topological polar surface area (TPSA) is 65.5 Å². The van der Waals surface area contributed by atoms with Crippen molar-refractivity contribution in [1.82, 2.24) is 4.98 Å². The zero-order chi connectivity index (χ0) is 13.8. The van der Waals surface area contributed by atoms with Gasteiger partial charge in [0.25, 0.3) is 0 Å². The molecule has 0 aliphatic rings. The SMILES string of the molecule is COC(=O)CC(C)(C)c1ccc(C(=O)OC)cn1. The molecule has 98 valence electrons. The summed E-state index contributed by atoms with van der Waals surface area (Å²) in [6.45, 7) is 3.79. The fourth-order valence-electron chi connectivity index (χ4n) is 1.56. The molecule has 0 fully saturated rings. The molecule has 0 saturated heterocycles. The molecule has 1 aromatic heterocycles. The van der Waals surface area contributed by atoms with Crippen LogP contribution >= 0.6 is 0 Å². The van der Waals surface area contributed by atoms with Gasteiger partial charge in [-0.25, -0.2) is 4.79 Å². The van der Waals surface area contributed by atoms with Crippen molar-refractivity contribution >= 4 is 11.9 Å². The van der Waals surface area contributed by atoms with Crippen molar-refractivity contribution in [2.75, 3.05) is 14.2 Å². The lowest BCUT2D eigenvalue weighted by atomic mass is 9.85. The second-order valence-corrected chi connectivity index (χ2v) is 4.56. The molecule has 0 spiro atoms. The first-order valence-electron chi connectivity index (χ1n) is 5.52. The van der Waals surface area contributed by atoms with Gasteiger partial charge in [-0.1, -0.05) is 13.8 Å². The van der Waals surface area contributed by atoms with Crippen LogP contribution in [0.5, 0.6) is 0 Å². The number of hydrogen-bond acceptors (Lipinski definition) is 5. The number of methoxy groups -OCH3 is 2. The Hall–Kier alpha value is -1.91. The molecule has 0 radical (unpaired) electrons. The molecule has 0 aliphatic carbocycles. The van der Waals surface area contributed by atoms with Crippen molar-refractivity contribution < 1.29 is 19.1 Å². The van der Waals surface area contributed by atoms with Crippen LogP contribution in [0.4, 0.5) is 0 Å². The number of hydrogen-bond donors (Lipinski definition) is 0. The molecular formula is C13H17NO4. The fourth-order valence-corrected chi connectivity index (χ4v) is 1.56. The van der Waals surface area contributed by atoms with Crippen LogP contribution in [0.1, 0.15) is 36.3 Å². The number of nitrogens with zero attached hydrogens (tertiary/aromatic N) is 1. The maximum atomic E-state index is 11.3. The van der Waals surface area contributed by atoms with Crippen LogP contribution in [0.15, 0.2) is 18.3 Å². The number of carbonyl (C=O) groups excluding carboxylic acids is 2. The van der Waals surface area contributed by atoms with Crippen LogP contribution in [-0.4, -0.2) is 31.1 Å². The van der Waals surface area contributed by atoms with E-state index in [2.05, 4.69) is 14.5 Å². The Bertz CT molecular complexity index is 437. The van der Waals surface area contributed by atoms with E-state index in [4.69, 9.17) is 0 Å². The molecule has 0 saturated carbocycles. The van der Waals surface area contributed by atoms with Crippen LogP contribution in [0.3, 0.4) is 0 Å². The van der Waals surface area contributed by atoms with E-state index in [1.807, 2.05) is 13.8 Å². The summed E-state index contributed by atoms with van der Waals surface area (Å²) >= 11 is 0. The van der Waals surface area contributed by atoms with Gasteiger partial charge < -0.3 is 9.47 Å². The summed E-state index contributed by atoms with van der Waals surface area (Å²) in [5.74, 6) is -0.723. The first kappa shape index (κ1) is 14.2. The molecular weight excluding hydrogens is 234 g/mol. The zero-order valence-corrected chi connectivity index (χ0v) is 11.0. The highest BCUT2D eigenvalue weighted by molar-refractivity contribution is 5.88. The second-order valence-electron chi connectivity index (χ2n) is 4.56. The zero-order valence-electron chi connectivity index (χ0n) is 11.0. The lowest BCUT2D eigenvalue weighted by Gasteiger charge is -2.22. The summed E-state index contributed by atoms with van der Waals surface area (Å²) in [4.78, 5) is 26.8. The Kier molecular flexibility index (Phi) is 4.42. The predicted octanol–water partition coefficient (Wildman–Crippen LogP) is 1.71. The molecule has 0 unspecified atom stereocenters. The quantitative estimate of drug-likeness (QED) is 0.762. The van der Waals surface area contributed by atoms with Gasteiger partial charge in [0.15, 0.2) is 0 Å². The molecule has 0 amide bonds. The average Bonchev–Trinajstić information content (AvgIpc) is 2.37. The number of pyridine rings is 1. The number of ether oxygens (including phenoxy) is 2. The highest BCUT2D eigenvalue weighted by Gasteiger charge is 2.26. The van der Waals surface area contributed by atoms with Gasteiger partial charge >= 0.3 is 11.9 Å². The largest absolute Gasteiger partial charge is 0.469 e. The third kappa shape index (κ3) is 3.29. The van der Waals surface area contributed by atoms with Gasteiger partial charge in [0, 0.05) is 17.3 Å². The second kappa shape index (κ2) is 5.62. The van der Waals surface area contributed by atoms with E-state index >= 15 is 0 Å². The van der Waals surface area contributed by atoms with Crippen molar-refractivity contribution in [3.63, 3.8) is 0 Å². The molecule has 5 nitrogen and oxygen atoms in total. The third-order valence-corrected chi connectivity index (χ3v) is 2.69. The number of rotatable bonds is 4. The third-order valence-electron chi connectivity index (χ3n) is 2.69. The van der Waals surface area contributed by atoms with E-state index < -0.39 is 11.4 Å². The Morgan fingerprint density at radius 2 is 1.89 bits per heavy atom. The van der Waals surface area contributed by atoms with Gasteiger partial charge in [0.05, 0.1) is 26.2 Å². The molecule has 1 rings (SSSR count). The minimum absolute atomic E-state index is 0.230. The highest BCUT2D eigenvalue weighted by atomic mass is 16.5. The van der Waals surface area contributed by atoms with Crippen LogP contribution < -0.4 is 0 Å². The van der Waals surface area contributed by atoms with Crippen LogP contribution in [0.2, 0.25) is 0 Å². The first-order chi connectivity index (χ1) is 8.40. The number of esters is 2. The van der Waals surface area contributed by atoms with E-state index in [1.165, 1.54) is 20.4 Å². The maximum absolute atomic E-state index is 11.3. The van der Waals surface area contributed by atoms with Crippen molar-refractivity contribution in [3.8, 4) is 0 Å². The maximum Gasteiger partial charge on any atom is 0.339 e. The first-order valence-corrected chi connectivity index (χ1v) is 5.52. The van der Waals surface area contributed by atoms with Crippen LogP contribution in [-0.2, 0) is 19.7 Å². The standard InChI is InChI=1S/C13H17NO4/c1-13(2,7-11(15)17-3)10-6-5-9(8-14-10)12(16)18-4/h5-6,8H,7H2,1-4H3. The Morgan fingerprint density at radius 3 is 2.33 bits per heavy atom. The van der Waals surface area contributed by atoms with Gasteiger partial charge in [-0.2, -0.15) is 0 Å². The average molecular weight is 251 g/mol. The van der Waals surface area contributed by atoms with Gasteiger partial charge in [-0.3, -0.25) is 9.78 Å². The van der Waals surface area contributed by atoms with Gasteiger partial charge in [0.1, 0.15) is 0 Å².